The number of sulfonamides is 1. The van der Waals surface area contributed by atoms with Crippen LogP contribution in [0.2, 0.25) is 10.0 Å². The van der Waals surface area contributed by atoms with E-state index in [4.69, 9.17) is 32.9 Å². The maximum Gasteiger partial charge on any atom is 0.245 e. The minimum atomic E-state index is -4.11. The van der Waals surface area contributed by atoms with Crippen LogP contribution in [0.3, 0.4) is 0 Å². The van der Waals surface area contributed by atoms with Crippen molar-refractivity contribution in [2.45, 2.75) is 50.2 Å². The van der Waals surface area contributed by atoms with E-state index in [0.29, 0.717) is 42.1 Å². The van der Waals surface area contributed by atoms with Gasteiger partial charge in [-0.1, -0.05) is 35.3 Å². The number of aromatic nitrogens is 3. The Morgan fingerprint density at radius 1 is 1.14 bits per heavy atom. The van der Waals surface area contributed by atoms with E-state index >= 15 is 0 Å². The number of fused-ring (bicyclic) bond motifs is 1. The van der Waals surface area contributed by atoms with Gasteiger partial charge in [-0.2, -0.15) is 9.40 Å². The van der Waals surface area contributed by atoms with Crippen molar-refractivity contribution >= 4 is 50.0 Å². The lowest BCUT2D eigenvalue weighted by Crippen LogP contribution is -2.47. The third-order valence-corrected chi connectivity index (χ3v) is 11.1. The van der Waals surface area contributed by atoms with Crippen molar-refractivity contribution in [2.75, 3.05) is 26.2 Å². The van der Waals surface area contributed by atoms with Crippen molar-refractivity contribution < 1.29 is 17.9 Å². The average Bonchev–Trinajstić information content (AvgIpc) is 3.74. The monoisotopic (exact) mass is 656 g/mol. The Kier molecular flexibility index (Phi) is 9.11. The molecular formula is C31H34Cl2N6O4S. The second-order valence-electron chi connectivity index (χ2n) is 11.2. The molecule has 10 nitrogen and oxygen atoms in total. The van der Waals surface area contributed by atoms with Gasteiger partial charge in [-0.3, -0.25) is 4.79 Å². The van der Waals surface area contributed by atoms with Gasteiger partial charge in [-0.25, -0.2) is 18.1 Å². The van der Waals surface area contributed by atoms with Crippen LogP contribution in [0.1, 0.15) is 36.9 Å². The van der Waals surface area contributed by atoms with Gasteiger partial charge in [-0.15, -0.1) is 0 Å². The van der Waals surface area contributed by atoms with Crippen molar-refractivity contribution in [2.24, 2.45) is 5.92 Å². The number of benzene rings is 2. The summed E-state index contributed by atoms with van der Waals surface area (Å²) in [4.78, 5) is 17.8. The largest absolute Gasteiger partial charge is 0.487 e. The molecule has 6 rings (SSSR count). The van der Waals surface area contributed by atoms with Gasteiger partial charge in [0.1, 0.15) is 28.8 Å². The van der Waals surface area contributed by atoms with Gasteiger partial charge >= 0.3 is 0 Å². The van der Waals surface area contributed by atoms with Crippen molar-refractivity contribution in [1.82, 2.24) is 29.7 Å². The Morgan fingerprint density at radius 3 is 2.73 bits per heavy atom. The molecule has 2 aliphatic rings. The standard InChI is InChI=1S/C31H34Cl2N6O4S/c1-20-17-26(38-15-4-12-36-38)22-5-2-7-27(30(22)37-20)43-19-23-24(32)8-9-28(29(23)33)44(41,42)39-16-3-6-25(39)31(40)35-18-21-10-13-34-14-11-21/h2,4-5,7-9,12,15,17,21,25,34H,3,6,10-11,13-14,16,18-19H2,1H3,(H,35,40). The Labute approximate surface area is 266 Å². The molecule has 0 radical (unpaired) electrons. The average molecular weight is 658 g/mol. The van der Waals surface area contributed by atoms with Crippen LogP contribution in [0.5, 0.6) is 5.75 Å². The van der Waals surface area contributed by atoms with Crippen LogP contribution < -0.4 is 15.4 Å². The van der Waals surface area contributed by atoms with E-state index in [1.807, 2.05) is 37.4 Å². The third-order valence-electron chi connectivity index (χ3n) is 8.30. The maximum absolute atomic E-state index is 13.9. The number of nitrogens with zero attached hydrogens (tertiary/aromatic N) is 4. The molecular weight excluding hydrogens is 623 g/mol. The lowest BCUT2D eigenvalue weighted by Gasteiger charge is -2.26. The first kappa shape index (κ1) is 30.8. The lowest BCUT2D eigenvalue weighted by molar-refractivity contribution is -0.124. The zero-order valence-corrected chi connectivity index (χ0v) is 26.6. The highest BCUT2D eigenvalue weighted by Gasteiger charge is 2.40. The number of hydrogen-bond acceptors (Lipinski definition) is 7. The highest BCUT2D eigenvalue weighted by Crippen LogP contribution is 2.37. The first-order valence-corrected chi connectivity index (χ1v) is 16.9. The van der Waals surface area contributed by atoms with Crippen LogP contribution in [0.25, 0.3) is 16.6 Å². The van der Waals surface area contributed by atoms with E-state index in [-0.39, 0.29) is 34.0 Å². The molecule has 2 aliphatic heterocycles. The molecule has 0 bridgehead atoms. The van der Waals surface area contributed by atoms with Gasteiger partial charge in [0, 0.05) is 47.1 Å². The predicted molar refractivity (Wildman–Crippen MR) is 170 cm³/mol. The number of hydrogen-bond donors (Lipinski definition) is 2. The van der Waals surface area contributed by atoms with Crippen molar-refractivity contribution in [3.63, 3.8) is 0 Å². The Morgan fingerprint density at radius 2 is 1.95 bits per heavy atom. The fraction of sp³-hybridized carbons (Fsp3) is 0.387. The summed E-state index contributed by atoms with van der Waals surface area (Å²) in [5.74, 6) is 0.606. The molecule has 13 heteroatoms. The van der Waals surface area contributed by atoms with Crippen LogP contribution in [0, 0.1) is 12.8 Å². The number of carbonyl (C=O) groups excluding carboxylic acids is 1. The third kappa shape index (κ3) is 6.16. The smallest absolute Gasteiger partial charge is 0.245 e. The molecule has 1 unspecified atom stereocenters. The fourth-order valence-corrected chi connectivity index (χ4v) is 8.49. The second-order valence-corrected chi connectivity index (χ2v) is 13.9. The molecule has 2 fully saturated rings. The maximum atomic E-state index is 13.9. The van der Waals surface area contributed by atoms with Crippen molar-refractivity contribution in [1.29, 1.82) is 0 Å². The highest BCUT2D eigenvalue weighted by atomic mass is 35.5. The van der Waals surface area contributed by atoms with E-state index in [1.54, 1.807) is 16.9 Å². The molecule has 4 heterocycles. The molecule has 2 saturated heterocycles. The second kappa shape index (κ2) is 13.0. The van der Waals surface area contributed by atoms with Crippen LogP contribution in [0.4, 0.5) is 0 Å². The Bertz CT molecular complexity index is 1780. The predicted octanol–water partition coefficient (Wildman–Crippen LogP) is 4.88. The first-order chi connectivity index (χ1) is 21.2. The zero-order chi connectivity index (χ0) is 30.8. The van der Waals surface area contributed by atoms with Gasteiger partial charge < -0.3 is 15.4 Å². The van der Waals surface area contributed by atoms with E-state index < -0.39 is 16.1 Å². The van der Waals surface area contributed by atoms with Crippen LogP contribution >= 0.6 is 23.2 Å². The number of amides is 1. The molecule has 0 saturated carbocycles. The summed E-state index contributed by atoms with van der Waals surface area (Å²) in [6.07, 6.45) is 6.57. The van der Waals surface area contributed by atoms with E-state index in [9.17, 15) is 13.2 Å². The number of rotatable bonds is 9. The van der Waals surface area contributed by atoms with Gasteiger partial charge in [0.2, 0.25) is 15.9 Å². The number of carbonyl (C=O) groups is 1. The molecule has 1 amide bonds. The summed E-state index contributed by atoms with van der Waals surface area (Å²) in [6.45, 7) is 4.43. The quantitative estimate of drug-likeness (QED) is 0.263. The molecule has 232 valence electrons. The Hall–Kier alpha value is -3.22. The number of piperidine rings is 1. The molecule has 2 aromatic carbocycles. The molecule has 44 heavy (non-hydrogen) atoms. The zero-order valence-electron chi connectivity index (χ0n) is 24.3. The molecule has 0 aliphatic carbocycles. The summed E-state index contributed by atoms with van der Waals surface area (Å²) in [5, 5.41) is 11.8. The summed E-state index contributed by atoms with van der Waals surface area (Å²) in [5.41, 5.74) is 2.59. The van der Waals surface area contributed by atoms with E-state index in [0.717, 1.165) is 42.7 Å². The normalized spacial score (nSPS) is 18.1. The molecule has 4 aromatic rings. The molecule has 2 N–H and O–H groups in total. The number of nitrogens with one attached hydrogen (secondary N) is 2. The summed E-state index contributed by atoms with van der Waals surface area (Å²) < 4.78 is 37.1. The minimum Gasteiger partial charge on any atom is -0.487 e. The minimum absolute atomic E-state index is 0.0279. The molecule has 0 spiro atoms. The van der Waals surface area contributed by atoms with Gasteiger partial charge in [-0.05, 0) is 81.9 Å². The number of para-hydroxylation sites is 1. The Balaban J connectivity index is 1.24. The summed E-state index contributed by atoms with van der Waals surface area (Å²) in [7, 11) is -4.11. The van der Waals surface area contributed by atoms with Gasteiger partial charge in [0.15, 0.2) is 0 Å². The van der Waals surface area contributed by atoms with E-state index in [2.05, 4.69) is 15.7 Å². The topological polar surface area (TPSA) is 118 Å². The number of ether oxygens (including phenoxy) is 1. The SMILES string of the molecule is Cc1cc(-n2cccn2)c2cccc(OCc3c(Cl)ccc(S(=O)(=O)N4CCCC4C(=O)NCC4CCNCC4)c3Cl)c2n1. The van der Waals surface area contributed by atoms with Crippen molar-refractivity contribution in [3.05, 3.63) is 76.2 Å². The fourth-order valence-electron chi connectivity index (χ4n) is 5.97. The summed E-state index contributed by atoms with van der Waals surface area (Å²) >= 11 is 13.3. The van der Waals surface area contributed by atoms with E-state index in [1.165, 1.54) is 16.4 Å². The molecule has 2 aromatic heterocycles. The van der Waals surface area contributed by atoms with Crippen LogP contribution in [-0.2, 0) is 21.4 Å². The van der Waals surface area contributed by atoms with Gasteiger partial charge in [0.25, 0.3) is 0 Å². The highest BCUT2D eigenvalue weighted by molar-refractivity contribution is 7.89. The number of halogens is 2. The number of aryl methyl sites for hydroxylation is 1. The van der Waals surface area contributed by atoms with Crippen LogP contribution in [-0.4, -0.2) is 65.6 Å². The van der Waals surface area contributed by atoms with Crippen LogP contribution in [0.15, 0.2) is 59.8 Å². The lowest BCUT2D eigenvalue weighted by atomic mass is 9.98. The summed E-state index contributed by atoms with van der Waals surface area (Å²) in [6, 6.07) is 11.5. The van der Waals surface area contributed by atoms with Crippen molar-refractivity contribution in [3.8, 4) is 11.4 Å². The number of pyridine rings is 1. The first-order valence-electron chi connectivity index (χ1n) is 14.7. The van der Waals surface area contributed by atoms with Gasteiger partial charge in [0.05, 0.1) is 10.7 Å². The molecule has 1 atom stereocenters.